The molecule has 3 N–H and O–H groups in total. The van der Waals surface area contributed by atoms with Gasteiger partial charge in [-0.2, -0.15) is 24.9 Å². The molecule has 0 atom stereocenters. The van der Waals surface area contributed by atoms with E-state index in [1.54, 1.807) is 16.7 Å². The number of nitrogens with one attached hydrogen (secondary N) is 1. The number of amidine groups is 1. The van der Waals surface area contributed by atoms with Crippen molar-refractivity contribution in [1.82, 2.24) is 4.98 Å². The van der Waals surface area contributed by atoms with Gasteiger partial charge >= 0.3 is 6.18 Å². The molecule has 4 nitrogen and oxygen atoms in total. The second-order valence-corrected chi connectivity index (χ2v) is 5.30. The smallest absolute Gasteiger partial charge is 0.384 e. The molecule has 1 aromatic heterocycles. The van der Waals surface area contributed by atoms with Gasteiger partial charge in [0.05, 0.1) is 5.56 Å². The molecular weight excluding hydrogens is 277 g/mol. The number of hydrogen-bond donors (Lipinski definition) is 2. The first-order chi connectivity index (χ1) is 8.89. The van der Waals surface area contributed by atoms with Crippen LogP contribution in [0.15, 0.2) is 12.1 Å². The molecule has 19 heavy (non-hydrogen) atoms. The Morgan fingerprint density at radius 1 is 1.32 bits per heavy atom. The molecule has 104 valence electrons. The third-order valence-electron chi connectivity index (χ3n) is 2.77. The van der Waals surface area contributed by atoms with Crippen molar-refractivity contribution >= 4 is 23.4 Å². The van der Waals surface area contributed by atoms with Gasteiger partial charge in [0.15, 0.2) is 0 Å². The van der Waals surface area contributed by atoms with Gasteiger partial charge in [-0.05, 0) is 12.1 Å². The number of hydrogen-bond acceptors (Lipinski definition) is 4. The highest BCUT2D eigenvalue weighted by molar-refractivity contribution is 7.99. The second-order valence-electron chi connectivity index (χ2n) is 4.08. The van der Waals surface area contributed by atoms with Crippen LogP contribution in [0.25, 0.3) is 0 Å². The highest BCUT2D eigenvalue weighted by Gasteiger charge is 2.34. The van der Waals surface area contributed by atoms with E-state index in [9.17, 15) is 13.2 Å². The monoisotopic (exact) mass is 290 g/mol. The van der Waals surface area contributed by atoms with E-state index in [1.165, 1.54) is 6.07 Å². The number of nitrogen functional groups attached to an aromatic ring is 1. The van der Waals surface area contributed by atoms with Crippen LogP contribution >= 0.6 is 11.8 Å². The number of nitrogens with two attached hydrogens (primary N) is 1. The minimum Gasteiger partial charge on any atom is -0.384 e. The summed E-state index contributed by atoms with van der Waals surface area (Å²) in [6, 6.07) is 2.08. The lowest BCUT2D eigenvalue weighted by atomic mass is 10.2. The molecule has 8 heteroatoms. The molecule has 0 unspecified atom stereocenters. The zero-order valence-electron chi connectivity index (χ0n) is 10.00. The van der Waals surface area contributed by atoms with Crippen molar-refractivity contribution in [3.05, 3.63) is 23.4 Å². The Kier molecular flexibility index (Phi) is 3.88. The van der Waals surface area contributed by atoms with Gasteiger partial charge < -0.3 is 10.6 Å². The summed E-state index contributed by atoms with van der Waals surface area (Å²) in [7, 11) is 0. The SMILES string of the molecule is N=C(N)c1ccc(C(F)(F)F)nc1N1CCSCC1. The van der Waals surface area contributed by atoms with E-state index in [-0.39, 0.29) is 17.2 Å². The number of halogens is 3. The molecule has 0 aliphatic carbocycles. The molecule has 1 fully saturated rings. The molecule has 0 radical (unpaired) electrons. The van der Waals surface area contributed by atoms with Crippen molar-refractivity contribution in [2.75, 3.05) is 29.5 Å². The van der Waals surface area contributed by atoms with E-state index in [0.717, 1.165) is 17.6 Å². The maximum atomic E-state index is 12.7. The third-order valence-corrected chi connectivity index (χ3v) is 3.71. The Hall–Kier alpha value is -1.44. The minimum atomic E-state index is -4.49. The van der Waals surface area contributed by atoms with E-state index in [4.69, 9.17) is 11.1 Å². The van der Waals surface area contributed by atoms with Crippen molar-refractivity contribution < 1.29 is 13.2 Å². The van der Waals surface area contributed by atoms with Crippen molar-refractivity contribution in [3.63, 3.8) is 0 Å². The zero-order valence-corrected chi connectivity index (χ0v) is 10.8. The van der Waals surface area contributed by atoms with Gasteiger partial charge in [0.1, 0.15) is 17.3 Å². The van der Waals surface area contributed by atoms with E-state index < -0.39 is 11.9 Å². The minimum absolute atomic E-state index is 0.155. The lowest BCUT2D eigenvalue weighted by molar-refractivity contribution is -0.141. The van der Waals surface area contributed by atoms with Gasteiger partial charge in [-0.1, -0.05) is 0 Å². The summed E-state index contributed by atoms with van der Waals surface area (Å²) in [5.41, 5.74) is 4.71. The summed E-state index contributed by atoms with van der Waals surface area (Å²) in [6.45, 7) is 1.22. The van der Waals surface area contributed by atoms with Crippen LogP contribution in [0, 0.1) is 5.41 Å². The molecule has 2 rings (SSSR count). The van der Waals surface area contributed by atoms with E-state index >= 15 is 0 Å². The van der Waals surface area contributed by atoms with E-state index in [2.05, 4.69) is 4.98 Å². The van der Waals surface area contributed by atoms with Crippen LogP contribution in [0.4, 0.5) is 19.0 Å². The Bertz CT molecular complexity index is 483. The topological polar surface area (TPSA) is 66.0 Å². The molecule has 1 saturated heterocycles. The van der Waals surface area contributed by atoms with Gasteiger partial charge in [0.25, 0.3) is 0 Å². The van der Waals surface area contributed by atoms with Gasteiger partial charge in [0.2, 0.25) is 0 Å². The molecule has 1 aromatic rings. The maximum absolute atomic E-state index is 12.7. The maximum Gasteiger partial charge on any atom is 0.433 e. The normalized spacial score (nSPS) is 16.5. The van der Waals surface area contributed by atoms with Crippen LogP contribution in [0.2, 0.25) is 0 Å². The molecule has 0 spiro atoms. The standard InChI is InChI=1S/C11H13F3N4S/c12-11(13,14)8-2-1-7(9(15)16)10(17-8)18-3-5-19-6-4-18/h1-2H,3-6H2,(H3,15,16). The number of thioether (sulfide) groups is 1. The third kappa shape index (κ3) is 3.12. The van der Waals surface area contributed by atoms with Gasteiger partial charge in [0, 0.05) is 24.6 Å². The molecule has 2 heterocycles. The zero-order chi connectivity index (χ0) is 14.0. The molecular formula is C11H13F3N4S. The average Bonchev–Trinajstić information content (AvgIpc) is 2.38. The molecule has 1 aliphatic heterocycles. The fraction of sp³-hybridized carbons (Fsp3) is 0.455. The first kappa shape index (κ1) is 14.0. The van der Waals surface area contributed by atoms with Crippen LogP contribution < -0.4 is 10.6 Å². The molecule has 0 amide bonds. The predicted octanol–water partition coefficient (Wildman–Crippen LogP) is 1.94. The molecule has 0 bridgehead atoms. The summed E-state index contributed by atoms with van der Waals surface area (Å²) in [5, 5.41) is 7.45. The van der Waals surface area contributed by atoms with Crippen LogP contribution in [0.3, 0.4) is 0 Å². The molecule has 1 aliphatic rings. The van der Waals surface area contributed by atoms with Crippen molar-refractivity contribution in [2.45, 2.75) is 6.18 Å². The average molecular weight is 290 g/mol. The summed E-state index contributed by atoms with van der Waals surface area (Å²) in [4.78, 5) is 5.41. The van der Waals surface area contributed by atoms with Crippen LogP contribution in [-0.4, -0.2) is 35.4 Å². The molecule has 0 saturated carbocycles. The second kappa shape index (κ2) is 5.28. The number of aromatic nitrogens is 1. The number of pyridine rings is 1. The summed E-state index contributed by atoms with van der Waals surface area (Å²) >= 11 is 1.74. The lowest BCUT2D eigenvalue weighted by Gasteiger charge is -2.29. The van der Waals surface area contributed by atoms with Crippen molar-refractivity contribution in [1.29, 1.82) is 5.41 Å². The fourth-order valence-electron chi connectivity index (χ4n) is 1.83. The largest absolute Gasteiger partial charge is 0.433 e. The first-order valence-electron chi connectivity index (χ1n) is 5.65. The van der Waals surface area contributed by atoms with Gasteiger partial charge in [-0.15, -0.1) is 0 Å². The fourth-order valence-corrected chi connectivity index (χ4v) is 2.74. The first-order valence-corrected chi connectivity index (χ1v) is 6.80. The summed E-state index contributed by atoms with van der Waals surface area (Å²) in [5.74, 6) is 1.54. The Balaban J connectivity index is 2.44. The lowest BCUT2D eigenvalue weighted by Crippen LogP contribution is -2.35. The van der Waals surface area contributed by atoms with Crippen LogP contribution in [0.1, 0.15) is 11.3 Å². The Morgan fingerprint density at radius 3 is 2.47 bits per heavy atom. The predicted molar refractivity (Wildman–Crippen MR) is 69.8 cm³/mol. The molecule has 0 aromatic carbocycles. The van der Waals surface area contributed by atoms with Gasteiger partial charge in [-0.3, -0.25) is 5.41 Å². The number of nitrogens with zero attached hydrogens (tertiary/aromatic N) is 2. The van der Waals surface area contributed by atoms with E-state index in [0.29, 0.717) is 13.1 Å². The highest BCUT2D eigenvalue weighted by atomic mass is 32.2. The summed E-state index contributed by atoms with van der Waals surface area (Å²) in [6.07, 6.45) is -4.49. The van der Waals surface area contributed by atoms with Crippen LogP contribution in [0.5, 0.6) is 0 Å². The van der Waals surface area contributed by atoms with Gasteiger partial charge in [-0.25, -0.2) is 4.98 Å². The van der Waals surface area contributed by atoms with E-state index in [1.807, 2.05) is 0 Å². The van der Waals surface area contributed by atoms with Crippen molar-refractivity contribution in [2.24, 2.45) is 5.73 Å². The number of alkyl halides is 3. The van der Waals surface area contributed by atoms with Crippen LogP contribution in [-0.2, 0) is 6.18 Å². The number of rotatable bonds is 2. The quantitative estimate of drug-likeness (QED) is 0.645. The Labute approximate surface area is 112 Å². The van der Waals surface area contributed by atoms with Crippen molar-refractivity contribution in [3.8, 4) is 0 Å². The highest BCUT2D eigenvalue weighted by Crippen LogP contribution is 2.31. The summed E-state index contributed by atoms with van der Waals surface area (Å²) < 4.78 is 38.1. The number of anilines is 1. The Morgan fingerprint density at radius 2 is 1.95 bits per heavy atom.